The van der Waals surface area contributed by atoms with Gasteiger partial charge in [0.2, 0.25) is 0 Å². The summed E-state index contributed by atoms with van der Waals surface area (Å²) in [5.74, 6) is 0. The van der Waals surface area contributed by atoms with Crippen LogP contribution in [0.15, 0.2) is 72.8 Å². The Labute approximate surface area is 147 Å². The fourth-order valence-electron chi connectivity index (χ4n) is 2.85. The average Bonchev–Trinajstić information content (AvgIpc) is 2.67. The zero-order chi connectivity index (χ0) is 17.5. The van der Waals surface area contributed by atoms with E-state index >= 15 is 0 Å². The zero-order valence-corrected chi connectivity index (χ0v) is 14.0. The van der Waals surface area contributed by atoms with Crippen LogP contribution in [0, 0.1) is 0 Å². The average molecular weight is 334 g/mol. The lowest BCUT2D eigenvalue weighted by Crippen LogP contribution is -2.36. The molecule has 3 N–H and O–H groups in total. The second kappa shape index (κ2) is 8.31. The lowest BCUT2D eigenvalue weighted by atomic mass is 10.0. The minimum atomic E-state index is -0.570. The molecule has 3 rings (SSSR count). The smallest absolute Gasteiger partial charge is 0.315 e. The van der Waals surface area contributed by atoms with Crippen molar-refractivity contribution in [1.29, 1.82) is 0 Å². The maximum absolute atomic E-state index is 12.0. The normalized spacial score (nSPS) is 11.9. The third-order valence-corrected chi connectivity index (χ3v) is 4.21. The van der Waals surface area contributed by atoms with E-state index in [4.69, 9.17) is 0 Å². The summed E-state index contributed by atoms with van der Waals surface area (Å²) in [5.41, 5.74) is 1.94. The highest BCUT2D eigenvalue weighted by Crippen LogP contribution is 2.18. The van der Waals surface area contributed by atoms with E-state index in [-0.39, 0.29) is 6.03 Å². The number of fused-ring (bicyclic) bond motifs is 1. The Balaban J connectivity index is 1.47. The molecule has 128 valence electrons. The lowest BCUT2D eigenvalue weighted by molar-refractivity contribution is 0.167. The standard InChI is InChI=1S/C21H22N2O2/c24-20(17-8-2-1-3-9-17)13-14-22-21(25)23-15-18-11-6-10-16-7-4-5-12-19(16)18/h1-12,20,24H,13-15H2,(H2,22,23,25). The van der Waals surface area contributed by atoms with Gasteiger partial charge in [-0.1, -0.05) is 72.8 Å². The van der Waals surface area contributed by atoms with Crippen molar-refractivity contribution in [3.8, 4) is 0 Å². The SMILES string of the molecule is O=C(NCCC(O)c1ccccc1)NCc1cccc2ccccc12. The van der Waals surface area contributed by atoms with Gasteiger partial charge in [0, 0.05) is 13.1 Å². The summed E-state index contributed by atoms with van der Waals surface area (Å²) in [6.07, 6.45) is -0.0920. The summed E-state index contributed by atoms with van der Waals surface area (Å²) in [7, 11) is 0. The Morgan fingerprint density at radius 3 is 2.44 bits per heavy atom. The predicted octanol–water partition coefficient (Wildman–Crippen LogP) is 3.76. The number of aliphatic hydroxyl groups excluding tert-OH is 1. The number of amides is 2. The van der Waals surface area contributed by atoms with Gasteiger partial charge in [-0.15, -0.1) is 0 Å². The summed E-state index contributed by atoms with van der Waals surface area (Å²) in [5, 5.41) is 18.1. The summed E-state index contributed by atoms with van der Waals surface area (Å²) in [6.45, 7) is 0.881. The number of aliphatic hydroxyl groups is 1. The molecule has 0 aromatic heterocycles. The largest absolute Gasteiger partial charge is 0.388 e. The lowest BCUT2D eigenvalue weighted by Gasteiger charge is -2.13. The predicted molar refractivity (Wildman–Crippen MR) is 100 cm³/mol. The first-order valence-corrected chi connectivity index (χ1v) is 8.45. The maximum Gasteiger partial charge on any atom is 0.315 e. The molecular formula is C21H22N2O2. The van der Waals surface area contributed by atoms with E-state index in [1.165, 1.54) is 0 Å². The molecule has 3 aromatic rings. The molecule has 4 nitrogen and oxygen atoms in total. The van der Waals surface area contributed by atoms with Gasteiger partial charge in [0.05, 0.1) is 6.10 Å². The molecule has 0 saturated heterocycles. The van der Waals surface area contributed by atoms with Gasteiger partial charge in [0.25, 0.3) is 0 Å². The molecule has 25 heavy (non-hydrogen) atoms. The first-order chi connectivity index (χ1) is 12.2. The minimum absolute atomic E-state index is 0.229. The van der Waals surface area contributed by atoms with Crippen molar-refractivity contribution in [3.63, 3.8) is 0 Å². The molecule has 1 unspecified atom stereocenters. The van der Waals surface area contributed by atoms with Crippen LogP contribution in [0.2, 0.25) is 0 Å². The Morgan fingerprint density at radius 2 is 1.60 bits per heavy atom. The number of hydrogen-bond donors (Lipinski definition) is 3. The molecule has 0 heterocycles. The topological polar surface area (TPSA) is 61.4 Å². The third kappa shape index (κ3) is 4.58. The van der Waals surface area contributed by atoms with Crippen LogP contribution < -0.4 is 10.6 Å². The second-order valence-electron chi connectivity index (χ2n) is 5.96. The quantitative estimate of drug-likeness (QED) is 0.643. The van der Waals surface area contributed by atoms with Gasteiger partial charge in [0.15, 0.2) is 0 Å². The van der Waals surface area contributed by atoms with Gasteiger partial charge in [-0.3, -0.25) is 0 Å². The van der Waals surface area contributed by atoms with Gasteiger partial charge in [-0.2, -0.15) is 0 Å². The molecule has 0 fully saturated rings. The molecule has 0 radical (unpaired) electrons. The van der Waals surface area contributed by atoms with Gasteiger partial charge >= 0.3 is 6.03 Å². The first-order valence-electron chi connectivity index (χ1n) is 8.45. The number of carbonyl (C=O) groups is 1. The van der Waals surface area contributed by atoms with Crippen LogP contribution in [0.3, 0.4) is 0 Å². The molecule has 0 saturated carbocycles. The number of nitrogens with one attached hydrogen (secondary N) is 2. The van der Waals surface area contributed by atoms with Crippen LogP contribution in [0.1, 0.15) is 23.7 Å². The molecule has 0 spiro atoms. The van der Waals surface area contributed by atoms with Crippen LogP contribution in [0.25, 0.3) is 10.8 Å². The van der Waals surface area contributed by atoms with Crippen molar-refractivity contribution in [2.24, 2.45) is 0 Å². The highest BCUT2D eigenvalue weighted by Gasteiger charge is 2.08. The van der Waals surface area contributed by atoms with Crippen LogP contribution >= 0.6 is 0 Å². The van der Waals surface area contributed by atoms with Crippen molar-refractivity contribution in [1.82, 2.24) is 10.6 Å². The molecule has 3 aromatic carbocycles. The Bertz CT molecular complexity index is 828. The molecular weight excluding hydrogens is 312 g/mol. The molecule has 0 bridgehead atoms. The number of benzene rings is 3. The van der Waals surface area contributed by atoms with Crippen molar-refractivity contribution < 1.29 is 9.90 Å². The summed E-state index contributed by atoms with van der Waals surface area (Å²) < 4.78 is 0. The third-order valence-electron chi connectivity index (χ3n) is 4.21. The Kier molecular flexibility index (Phi) is 5.65. The summed E-state index contributed by atoms with van der Waals surface area (Å²) in [4.78, 5) is 12.0. The molecule has 0 aliphatic heterocycles. The van der Waals surface area contributed by atoms with Crippen LogP contribution in [0.4, 0.5) is 4.79 Å². The maximum atomic E-state index is 12.0. The number of carbonyl (C=O) groups excluding carboxylic acids is 1. The number of hydrogen-bond acceptors (Lipinski definition) is 2. The fourth-order valence-corrected chi connectivity index (χ4v) is 2.85. The molecule has 0 aliphatic rings. The van der Waals surface area contributed by atoms with E-state index in [0.29, 0.717) is 19.5 Å². The molecule has 4 heteroatoms. The first kappa shape index (κ1) is 17.0. The minimum Gasteiger partial charge on any atom is -0.388 e. The molecule has 2 amide bonds. The van der Waals surface area contributed by atoms with Crippen LogP contribution in [-0.2, 0) is 6.54 Å². The van der Waals surface area contributed by atoms with E-state index in [1.807, 2.05) is 54.6 Å². The second-order valence-corrected chi connectivity index (χ2v) is 5.96. The van der Waals surface area contributed by atoms with E-state index < -0.39 is 6.10 Å². The summed E-state index contributed by atoms with van der Waals surface area (Å²) >= 11 is 0. The molecule has 0 aliphatic carbocycles. The number of rotatable bonds is 6. The Hall–Kier alpha value is -2.85. The van der Waals surface area contributed by atoms with Crippen molar-refractivity contribution in [2.75, 3.05) is 6.54 Å². The fraction of sp³-hybridized carbons (Fsp3) is 0.190. The van der Waals surface area contributed by atoms with E-state index in [1.54, 1.807) is 0 Å². The van der Waals surface area contributed by atoms with Crippen molar-refractivity contribution in [3.05, 3.63) is 83.9 Å². The van der Waals surface area contributed by atoms with E-state index in [9.17, 15) is 9.90 Å². The highest BCUT2D eigenvalue weighted by molar-refractivity contribution is 5.86. The molecule has 1 atom stereocenters. The monoisotopic (exact) mass is 334 g/mol. The highest BCUT2D eigenvalue weighted by atomic mass is 16.3. The van der Waals surface area contributed by atoms with Gasteiger partial charge in [0.1, 0.15) is 0 Å². The van der Waals surface area contributed by atoms with Gasteiger partial charge in [-0.25, -0.2) is 4.79 Å². The summed E-state index contributed by atoms with van der Waals surface area (Å²) in [6, 6.07) is 23.4. The van der Waals surface area contributed by atoms with E-state index in [2.05, 4.69) is 28.8 Å². The van der Waals surface area contributed by atoms with Crippen LogP contribution in [0.5, 0.6) is 0 Å². The zero-order valence-electron chi connectivity index (χ0n) is 14.0. The van der Waals surface area contributed by atoms with E-state index in [0.717, 1.165) is 21.9 Å². The Morgan fingerprint density at radius 1 is 0.880 bits per heavy atom. The van der Waals surface area contributed by atoms with Crippen LogP contribution in [-0.4, -0.2) is 17.7 Å². The van der Waals surface area contributed by atoms with Crippen molar-refractivity contribution >= 4 is 16.8 Å². The van der Waals surface area contributed by atoms with Gasteiger partial charge < -0.3 is 15.7 Å². The van der Waals surface area contributed by atoms with Gasteiger partial charge in [-0.05, 0) is 28.3 Å². The van der Waals surface area contributed by atoms with Crippen molar-refractivity contribution in [2.45, 2.75) is 19.1 Å². The number of urea groups is 1.